The van der Waals surface area contributed by atoms with Crippen LogP contribution in [0.4, 0.5) is 4.39 Å². The number of halogens is 1. The average molecular weight is 428 g/mol. The molecule has 1 aliphatic carbocycles. The van der Waals surface area contributed by atoms with E-state index in [1.165, 1.54) is 16.4 Å². The van der Waals surface area contributed by atoms with Gasteiger partial charge in [0.25, 0.3) is 0 Å². The van der Waals surface area contributed by atoms with Crippen molar-refractivity contribution in [1.82, 2.24) is 14.5 Å². The van der Waals surface area contributed by atoms with Gasteiger partial charge in [-0.1, -0.05) is 24.3 Å². The zero-order valence-electron chi connectivity index (χ0n) is 16.6. The number of sulfonamides is 1. The first-order valence-corrected chi connectivity index (χ1v) is 11.5. The van der Waals surface area contributed by atoms with Crippen molar-refractivity contribution in [2.24, 2.45) is 5.41 Å². The summed E-state index contributed by atoms with van der Waals surface area (Å²) >= 11 is 0. The van der Waals surface area contributed by atoms with E-state index in [0.29, 0.717) is 30.4 Å². The molecular formula is C22H22FN3O3S. The molecule has 0 N–H and O–H groups in total. The smallest absolute Gasteiger partial charge is 0.247 e. The maximum atomic E-state index is 13.9. The normalized spacial score (nSPS) is 21.1. The third-order valence-corrected chi connectivity index (χ3v) is 8.34. The van der Waals surface area contributed by atoms with Crippen molar-refractivity contribution >= 4 is 10.0 Å². The lowest BCUT2D eigenvalue weighted by atomic mass is 9.92. The Morgan fingerprint density at radius 2 is 1.83 bits per heavy atom. The first kappa shape index (κ1) is 19.4. The van der Waals surface area contributed by atoms with Crippen LogP contribution in [0, 0.1) is 18.2 Å². The van der Waals surface area contributed by atoms with Crippen molar-refractivity contribution in [2.75, 3.05) is 13.1 Å². The molecule has 1 saturated heterocycles. The van der Waals surface area contributed by atoms with Crippen LogP contribution in [0.5, 0.6) is 0 Å². The molecule has 6 nitrogen and oxygen atoms in total. The second-order valence-electron chi connectivity index (χ2n) is 8.25. The van der Waals surface area contributed by atoms with Gasteiger partial charge in [0.1, 0.15) is 5.82 Å². The number of hydrogen-bond acceptors (Lipinski definition) is 5. The minimum Gasteiger partial charge on any atom is -0.420 e. The molecule has 156 valence electrons. The molecule has 2 aromatic carbocycles. The first-order valence-electron chi connectivity index (χ1n) is 10.0. The van der Waals surface area contributed by atoms with E-state index < -0.39 is 15.8 Å². The van der Waals surface area contributed by atoms with E-state index in [2.05, 4.69) is 10.2 Å². The summed E-state index contributed by atoms with van der Waals surface area (Å²) in [5.74, 6) is 0.807. The minimum atomic E-state index is -3.70. The van der Waals surface area contributed by atoms with Crippen LogP contribution in [0.1, 0.15) is 36.6 Å². The second-order valence-corrected chi connectivity index (χ2v) is 10.2. The van der Waals surface area contributed by atoms with Gasteiger partial charge >= 0.3 is 0 Å². The number of rotatable bonds is 4. The van der Waals surface area contributed by atoms with Crippen LogP contribution < -0.4 is 0 Å². The molecule has 1 aliphatic heterocycles. The summed E-state index contributed by atoms with van der Waals surface area (Å²) in [5.41, 5.74) is 1.34. The predicted molar refractivity (Wildman–Crippen MR) is 109 cm³/mol. The fourth-order valence-corrected chi connectivity index (χ4v) is 5.83. The molecule has 1 aromatic heterocycles. The van der Waals surface area contributed by atoms with E-state index in [4.69, 9.17) is 4.42 Å². The maximum absolute atomic E-state index is 13.9. The monoisotopic (exact) mass is 427 g/mol. The number of aromatic nitrogens is 2. The number of aryl methyl sites for hydroxylation is 1. The predicted octanol–water partition coefficient (Wildman–Crippen LogP) is 4.14. The first-order chi connectivity index (χ1) is 14.4. The van der Waals surface area contributed by atoms with Crippen LogP contribution in [0.15, 0.2) is 57.8 Å². The molecule has 2 fully saturated rings. The highest BCUT2D eigenvalue weighted by molar-refractivity contribution is 7.89. The van der Waals surface area contributed by atoms with Crippen molar-refractivity contribution in [2.45, 2.75) is 37.0 Å². The lowest BCUT2D eigenvalue weighted by Crippen LogP contribution is -2.39. The molecule has 1 saturated carbocycles. The summed E-state index contributed by atoms with van der Waals surface area (Å²) in [6.45, 7) is 2.44. The number of piperidine rings is 1. The Kier molecular flexibility index (Phi) is 4.52. The molecule has 30 heavy (non-hydrogen) atoms. The summed E-state index contributed by atoms with van der Waals surface area (Å²) in [5, 5.41) is 8.42. The quantitative estimate of drug-likeness (QED) is 0.625. The van der Waals surface area contributed by atoms with Crippen LogP contribution in [0.2, 0.25) is 0 Å². The Balaban J connectivity index is 1.28. The molecule has 0 radical (unpaired) electrons. The largest absolute Gasteiger partial charge is 0.420 e. The Bertz CT molecular complexity index is 1190. The third kappa shape index (κ3) is 3.24. The SMILES string of the molecule is Cc1ccc(S(=O)(=O)N2CCC3(CC2)C[C@@H]3c2nnc(-c3ccccc3)o2)cc1F. The zero-order chi connectivity index (χ0) is 20.9. The molecule has 1 atom stereocenters. The molecule has 8 heteroatoms. The van der Waals surface area contributed by atoms with Gasteiger partial charge in [0, 0.05) is 24.6 Å². The molecule has 1 spiro atoms. The summed E-state index contributed by atoms with van der Waals surface area (Å²) in [7, 11) is -3.70. The Hall–Kier alpha value is -2.58. The van der Waals surface area contributed by atoms with E-state index in [0.717, 1.165) is 30.9 Å². The average Bonchev–Trinajstić information content (AvgIpc) is 3.22. The molecule has 3 aromatic rings. The van der Waals surface area contributed by atoms with Crippen molar-refractivity contribution < 1.29 is 17.2 Å². The Morgan fingerprint density at radius 1 is 1.10 bits per heavy atom. The van der Waals surface area contributed by atoms with Gasteiger partial charge in [-0.25, -0.2) is 12.8 Å². The van der Waals surface area contributed by atoms with Crippen LogP contribution in [-0.2, 0) is 10.0 Å². The van der Waals surface area contributed by atoms with Crippen LogP contribution in [0.25, 0.3) is 11.5 Å². The third-order valence-electron chi connectivity index (χ3n) is 6.45. The summed E-state index contributed by atoms with van der Waals surface area (Å²) in [6, 6.07) is 13.7. The van der Waals surface area contributed by atoms with Gasteiger partial charge in [-0.05, 0) is 61.4 Å². The van der Waals surface area contributed by atoms with Gasteiger partial charge in [-0.15, -0.1) is 10.2 Å². The second kappa shape index (κ2) is 6.99. The van der Waals surface area contributed by atoms with Gasteiger partial charge in [0.05, 0.1) is 4.90 Å². The van der Waals surface area contributed by atoms with E-state index in [9.17, 15) is 12.8 Å². The van der Waals surface area contributed by atoms with Gasteiger partial charge in [-0.2, -0.15) is 4.31 Å². The molecule has 2 aliphatic rings. The van der Waals surface area contributed by atoms with Crippen LogP contribution in [-0.4, -0.2) is 36.0 Å². The van der Waals surface area contributed by atoms with Crippen molar-refractivity contribution in [3.63, 3.8) is 0 Å². The number of nitrogens with zero attached hydrogens (tertiary/aromatic N) is 3. The topological polar surface area (TPSA) is 76.3 Å². The lowest BCUT2D eigenvalue weighted by molar-refractivity contribution is 0.246. The number of hydrogen-bond donors (Lipinski definition) is 0. The summed E-state index contributed by atoms with van der Waals surface area (Å²) < 4.78 is 47.1. The zero-order valence-corrected chi connectivity index (χ0v) is 17.4. The van der Waals surface area contributed by atoms with Crippen LogP contribution >= 0.6 is 0 Å². The molecule has 0 bridgehead atoms. The molecular weight excluding hydrogens is 405 g/mol. The van der Waals surface area contributed by atoms with E-state index >= 15 is 0 Å². The van der Waals surface area contributed by atoms with E-state index in [1.807, 2.05) is 30.3 Å². The molecule has 5 rings (SSSR count). The molecule has 0 amide bonds. The van der Waals surface area contributed by atoms with Gasteiger partial charge in [0.2, 0.25) is 21.8 Å². The Labute approximate surface area is 174 Å². The fraction of sp³-hybridized carbons (Fsp3) is 0.364. The minimum absolute atomic E-state index is 0.0123. The summed E-state index contributed by atoms with van der Waals surface area (Å²) in [6.07, 6.45) is 2.39. The standard InChI is InChI=1S/C22H22FN3O3S/c1-15-7-8-17(13-19(15)23)30(27,28)26-11-9-22(10-12-26)14-18(22)21-25-24-20(29-21)16-5-3-2-4-6-16/h2-8,13,18H,9-12,14H2,1H3/t18-/m1/s1. The number of benzene rings is 2. The van der Waals surface area contributed by atoms with Crippen molar-refractivity contribution in [1.29, 1.82) is 0 Å². The highest BCUT2D eigenvalue weighted by Crippen LogP contribution is 2.64. The Morgan fingerprint density at radius 3 is 2.53 bits per heavy atom. The van der Waals surface area contributed by atoms with Gasteiger partial charge in [-0.3, -0.25) is 0 Å². The fourth-order valence-electron chi connectivity index (χ4n) is 4.38. The molecule has 2 heterocycles. The maximum Gasteiger partial charge on any atom is 0.247 e. The lowest BCUT2D eigenvalue weighted by Gasteiger charge is -2.31. The highest BCUT2D eigenvalue weighted by Gasteiger charge is 2.58. The summed E-state index contributed by atoms with van der Waals surface area (Å²) in [4.78, 5) is 0.0123. The van der Waals surface area contributed by atoms with Gasteiger partial charge in [0.15, 0.2) is 0 Å². The highest BCUT2D eigenvalue weighted by atomic mass is 32.2. The molecule has 0 unspecified atom stereocenters. The van der Waals surface area contributed by atoms with E-state index in [-0.39, 0.29) is 16.2 Å². The van der Waals surface area contributed by atoms with Gasteiger partial charge < -0.3 is 4.42 Å². The van der Waals surface area contributed by atoms with Crippen molar-refractivity contribution in [3.8, 4) is 11.5 Å². The van der Waals surface area contributed by atoms with E-state index in [1.54, 1.807) is 6.92 Å². The van der Waals surface area contributed by atoms with Crippen LogP contribution in [0.3, 0.4) is 0 Å². The van der Waals surface area contributed by atoms with Crippen molar-refractivity contribution in [3.05, 3.63) is 65.8 Å².